The van der Waals surface area contributed by atoms with Crippen LogP contribution in [0, 0.1) is 6.92 Å². The molecule has 11 aromatic rings. The van der Waals surface area contributed by atoms with Gasteiger partial charge in [0.25, 0.3) is 0 Å². The van der Waals surface area contributed by atoms with E-state index in [2.05, 4.69) is 174 Å². The van der Waals surface area contributed by atoms with E-state index in [4.69, 9.17) is 8.83 Å². The molecule has 3 aromatic heterocycles. The van der Waals surface area contributed by atoms with Crippen LogP contribution in [-0.4, -0.2) is 11.3 Å². The average Bonchev–Trinajstić information content (AvgIpc) is 3.89. The molecule has 0 aliphatic carbocycles. The molecular formula is C49H29BN2O2. The van der Waals surface area contributed by atoms with Crippen LogP contribution in [0.4, 0.5) is 17.1 Å². The summed E-state index contributed by atoms with van der Waals surface area (Å²) in [6.45, 7) is 2.02. The topological polar surface area (TPSA) is 34.5 Å². The van der Waals surface area contributed by atoms with Gasteiger partial charge in [-0.15, -0.1) is 0 Å². The van der Waals surface area contributed by atoms with E-state index in [-0.39, 0.29) is 6.85 Å². The van der Waals surface area contributed by atoms with Crippen molar-refractivity contribution < 1.29 is 8.83 Å². The molecule has 5 heterocycles. The number of hydrogen-bond donors (Lipinski definition) is 0. The van der Waals surface area contributed by atoms with E-state index in [1.807, 2.05) is 0 Å². The number of hydrogen-bond acceptors (Lipinski definition) is 3. The lowest BCUT2D eigenvalue weighted by Crippen LogP contribution is -2.56. The van der Waals surface area contributed by atoms with Gasteiger partial charge in [0, 0.05) is 38.5 Å². The van der Waals surface area contributed by atoms with Crippen LogP contribution in [0.15, 0.2) is 167 Å². The highest BCUT2D eigenvalue weighted by Crippen LogP contribution is 2.52. The number of furan rings is 2. The van der Waals surface area contributed by atoms with Gasteiger partial charge in [-0.3, -0.25) is 0 Å². The summed E-state index contributed by atoms with van der Waals surface area (Å²) in [6, 6.07) is 57.3. The molecule has 0 saturated heterocycles. The summed E-state index contributed by atoms with van der Waals surface area (Å²) in [5, 5.41) is 8.23. The Bertz CT molecular complexity index is 3420. The lowest BCUT2D eigenvalue weighted by atomic mass is 9.44. The van der Waals surface area contributed by atoms with Crippen molar-refractivity contribution in [3.05, 3.63) is 163 Å². The molecule has 4 nitrogen and oxygen atoms in total. The van der Waals surface area contributed by atoms with E-state index >= 15 is 0 Å². The zero-order valence-electron chi connectivity index (χ0n) is 29.3. The molecule has 0 spiro atoms. The van der Waals surface area contributed by atoms with Gasteiger partial charge in [-0.2, -0.15) is 0 Å². The number of rotatable bonds is 2. The van der Waals surface area contributed by atoms with Crippen LogP contribution >= 0.6 is 0 Å². The maximum absolute atomic E-state index is 6.94. The molecule has 0 saturated carbocycles. The smallest absolute Gasteiger partial charge is 0.336 e. The number of anilines is 3. The first-order valence-corrected chi connectivity index (χ1v) is 18.6. The maximum atomic E-state index is 6.94. The van der Waals surface area contributed by atoms with Crippen molar-refractivity contribution in [2.75, 3.05) is 4.90 Å². The van der Waals surface area contributed by atoms with E-state index in [1.165, 1.54) is 71.5 Å². The summed E-state index contributed by atoms with van der Waals surface area (Å²) in [5.74, 6) is 0. The molecule has 250 valence electrons. The first-order chi connectivity index (χ1) is 26.7. The molecule has 2 aliphatic heterocycles. The van der Waals surface area contributed by atoms with Crippen LogP contribution in [0.5, 0.6) is 0 Å². The third-order valence-corrected chi connectivity index (χ3v) is 12.0. The molecule has 13 rings (SSSR count). The molecule has 0 unspecified atom stereocenters. The van der Waals surface area contributed by atoms with E-state index in [9.17, 15) is 0 Å². The third kappa shape index (κ3) is 3.49. The quantitative estimate of drug-likeness (QED) is 0.170. The highest BCUT2D eigenvalue weighted by molar-refractivity contribution is 6.90. The van der Waals surface area contributed by atoms with E-state index in [0.717, 1.165) is 50.0 Å². The van der Waals surface area contributed by atoms with Gasteiger partial charge in [0.2, 0.25) is 0 Å². The Hall–Kier alpha value is -6.98. The van der Waals surface area contributed by atoms with Gasteiger partial charge in [0.15, 0.2) is 5.71 Å². The van der Waals surface area contributed by atoms with Gasteiger partial charge in [-0.1, -0.05) is 127 Å². The Balaban J connectivity index is 1.28. The number of fused-ring (bicyclic) bond motifs is 15. The summed E-state index contributed by atoms with van der Waals surface area (Å²) in [4.78, 5) is 2.55. The molecule has 0 radical (unpaired) electrons. The second-order valence-corrected chi connectivity index (χ2v) is 14.9. The Kier molecular flexibility index (Phi) is 5.36. The molecule has 0 atom stereocenters. The first-order valence-electron chi connectivity index (χ1n) is 18.6. The van der Waals surface area contributed by atoms with Crippen molar-refractivity contribution in [2.24, 2.45) is 0 Å². The lowest BCUT2D eigenvalue weighted by molar-refractivity contribution is 0.651. The summed E-state index contributed by atoms with van der Waals surface area (Å²) in [5.41, 5.74) is 16.8. The number of nitrogens with zero attached hydrogens (tertiary/aromatic N) is 2. The minimum absolute atomic E-state index is 0.162. The van der Waals surface area contributed by atoms with Crippen LogP contribution in [0.1, 0.15) is 5.56 Å². The predicted molar refractivity (Wildman–Crippen MR) is 225 cm³/mol. The van der Waals surface area contributed by atoms with Crippen molar-refractivity contribution in [1.82, 2.24) is 4.48 Å². The fourth-order valence-corrected chi connectivity index (χ4v) is 9.88. The monoisotopic (exact) mass is 688 g/mol. The minimum Gasteiger partial charge on any atom is -0.456 e. The Morgan fingerprint density at radius 3 is 2.09 bits per heavy atom. The highest BCUT2D eigenvalue weighted by atomic mass is 16.3. The molecule has 0 bridgehead atoms. The van der Waals surface area contributed by atoms with Crippen molar-refractivity contribution >= 4 is 101 Å². The van der Waals surface area contributed by atoms with Gasteiger partial charge in [-0.25, -0.2) is 0 Å². The number of aryl methyl sites for hydroxylation is 1. The predicted octanol–water partition coefficient (Wildman–Crippen LogP) is 12.0. The van der Waals surface area contributed by atoms with Crippen LogP contribution in [0.2, 0.25) is 0 Å². The van der Waals surface area contributed by atoms with E-state index in [1.54, 1.807) is 0 Å². The summed E-state index contributed by atoms with van der Waals surface area (Å²) in [6.07, 6.45) is 0. The second kappa shape index (κ2) is 10.1. The Labute approximate surface area is 310 Å². The van der Waals surface area contributed by atoms with Gasteiger partial charge >= 0.3 is 6.85 Å². The van der Waals surface area contributed by atoms with Crippen LogP contribution < -0.4 is 15.8 Å². The van der Waals surface area contributed by atoms with E-state index in [0.29, 0.717) is 0 Å². The molecule has 0 fully saturated rings. The second-order valence-electron chi connectivity index (χ2n) is 14.9. The molecule has 54 heavy (non-hydrogen) atoms. The van der Waals surface area contributed by atoms with Gasteiger partial charge in [0.05, 0.1) is 22.1 Å². The van der Waals surface area contributed by atoms with Gasteiger partial charge in [-0.05, 0) is 76.1 Å². The zero-order valence-corrected chi connectivity index (χ0v) is 29.3. The highest BCUT2D eigenvalue weighted by Gasteiger charge is 2.45. The third-order valence-electron chi connectivity index (χ3n) is 12.0. The molecule has 0 N–H and O–H groups in total. The summed E-state index contributed by atoms with van der Waals surface area (Å²) >= 11 is 0. The molecule has 8 aromatic carbocycles. The Morgan fingerprint density at radius 2 is 1.24 bits per heavy atom. The molecular weight excluding hydrogens is 659 g/mol. The van der Waals surface area contributed by atoms with Crippen LogP contribution in [0.25, 0.3) is 87.9 Å². The van der Waals surface area contributed by atoms with Crippen molar-refractivity contribution in [3.63, 3.8) is 0 Å². The molecule has 5 heteroatoms. The molecule has 2 aliphatic rings. The summed E-state index contributed by atoms with van der Waals surface area (Å²) < 4.78 is 16.1. The van der Waals surface area contributed by atoms with Crippen molar-refractivity contribution in [1.29, 1.82) is 0 Å². The van der Waals surface area contributed by atoms with Crippen molar-refractivity contribution in [3.8, 4) is 22.3 Å². The maximum Gasteiger partial charge on any atom is 0.336 e. The lowest BCUT2D eigenvalue weighted by Gasteiger charge is -2.41. The Morgan fingerprint density at radius 1 is 0.519 bits per heavy atom. The zero-order chi connectivity index (χ0) is 35.2. The molecule has 0 amide bonds. The minimum atomic E-state index is -0.162. The SMILES string of the molecule is Cc1ccc(N2c3cc4ccccc4c4c3B(c3ccc5oc6ccccc6c5c32)n2c3oc5ccccc5c3c3cccc-4c32)c(-c2ccccc2)c1. The largest absolute Gasteiger partial charge is 0.456 e. The van der Waals surface area contributed by atoms with Gasteiger partial charge < -0.3 is 18.2 Å². The standard InChI is InChI=1S/C49H29BN2O2/c1-28-22-24-38(36(26-28)29-12-3-2-4-13-29)51-39-27-30-14-5-6-15-31(30)43-34-18-11-19-35-44-32-16-7-10-21-41(32)54-49(44)52(47(34)35)50(46(39)43)37-23-25-42-45(48(37)51)33-17-8-9-20-40(33)53-42/h2-27H,1H3. The fourth-order valence-electron chi connectivity index (χ4n) is 9.88. The fraction of sp³-hybridized carbons (Fsp3) is 0.0204. The normalized spacial score (nSPS) is 13.2. The van der Waals surface area contributed by atoms with Crippen LogP contribution in [0.3, 0.4) is 0 Å². The number of para-hydroxylation sites is 3. The van der Waals surface area contributed by atoms with Crippen molar-refractivity contribution in [2.45, 2.75) is 6.92 Å². The van der Waals surface area contributed by atoms with Crippen LogP contribution in [-0.2, 0) is 0 Å². The van der Waals surface area contributed by atoms with Gasteiger partial charge in [0.1, 0.15) is 16.7 Å². The number of aromatic nitrogens is 1. The number of benzene rings is 8. The van der Waals surface area contributed by atoms with E-state index < -0.39 is 0 Å². The average molecular weight is 689 g/mol. The first kappa shape index (κ1) is 28.6. The summed E-state index contributed by atoms with van der Waals surface area (Å²) in [7, 11) is 0.